The summed E-state index contributed by atoms with van der Waals surface area (Å²) in [6.45, 7) is 1.48. The van der Waals surface area contributed by atoms with Crippen LogP contribution in [-0.2, 0) is 9.53 Å². The average Bonchev–Trinajstić information content (AvgIpc) is 3.20. The van der Waals surface area contributed by atoms with Crippen molar-refractivity contribution in [3.8, 4) is 0 Å². The van der Waals surface area contributed by atoms with Crippen LogP contribution in [0.25, 0.3) is 0 Å². The topological polar surface area (TPSA) is 26.3 Å². The fraction of sp³-hybridized carbons (Fsp3) is 0.533. The third-order valence-electron chi connectivity index (χ3n) is 3.95. The quantitative estimate of drug-likeness (QED) is 0.798. The Bertz CT molecular complexity index is 393. The van der Waals surface area contributed by atoms with E-state index in [9.17, 15) is 4.79 Å². The summed E-state index contributed by atoms with van der Waals surface area (Å²) >= 11 is 0. The number of carbonyl (C=O) groups is 1. The summed E-state index contributed by atoms with van der Waals surface area (Å²) < 4.78 is 5.40. The molecule has 0 N–H and O–H groups in total. The first kappa shape index (κ1) is 11.0. The van der Waals surface area contributed by atoms with E-state index in [0.717, 1.165) is 25.9 Å². The summed E-state index contributed by atoms with van der Waals surface area (Å²) in [6, 6.07) is 10.4. The predicted octanol–water partition coefficient (Wildman–Crippen LogP) is 2.79. The molecule has 0 bridgehead atoms. The van der Waals surface area contributed by atoms with Gasteiger partial charge in [-0.1, -0.05) is 30.3 Å². The van der Waals surface area contributed by atoms with Crippen LogP contribution in [0.2, 0.25) is 0 Å². The molecule has 0 radical (unpaired) electrons. The van der Waals surface area contributed by atoms with E-state index in [0.29, 0.717) is 18.3 Å². The molecule has 1 saturated heterocycles. The lowest BCUT2D eigenvalue weighted by molar-refractivity contribution is -0.128. The lowest BCUT2D eigenvalue weighted by Crippen LogP contribution is -2.26. The second-order valence-electron chi connectivity index (χ2n) is 5.18. The van der Waals surface area contributed by atoms with Gasteiger partial charge in [0.15, 0.2) is 0 Å². The highest BCUT2D eigenvalue weighted by Gasteiger charge is 2.45. The zero-order chi connectivity index (χ0) is 11.7. The fourth-order valence-corrected chi connectivity index (χ4v) is 2.85. The molecule has 2 heteroatoms. The second-order valence-corrected chi connectivity index (χ2v) is 5.18. The van der Waals surface area contributed by atoms with Gasteiger partial charge >= 0.3 is 0 Å². The molecule has 2 nitrogen and oxygen atoms in total. The van der Waals surface area contributed by atoms with Gasteiger partial charge in [0.25, 0.3) is 0 Å². The Hall–Kier alpha value is -1.15. The van der Waals surface area contributed by atoms with E-state index in [2.05, 4.69) is 24.3 Å². The van der Waals surface area contributed by atoms with E-state index in [-0.39, 0.29) is 11.8 Å². The van der Waals surface area contributed by atoms with E-state index >= 15 is 0 Å². The fourth-order valence-electron chi connectivity index (χ4n) is 2.85. The van der Waals surface area contributed by atoms with Crippen LogP contribution in [-0.4, -0.2) is 19.0 Å². The van der Waals surface area contributed by atoms with Gasteiger partial charge in [-0.05, 0) is 30.7 Å². The van der Waals surface area contributed by atoms with Gasteiger partial charge in [0, 0.05) is 18.4 Å². The molecule has 3 unspecified atom stereocenters. The molecule has 0 spiro atoms. The van der Waals surface area contributed by atoms with Crippen LogP contribution in [0.3, 0.4) is 0 Å². The Morgan fingerprint density at radius 1 is 1.24 bits per heavy atom. The number of ether oxygens (including phenoxy) is 1. The molecular weight excluding hydrogens is 212 g/mol. The number of ketones is 1. The van der Waals surface area contributed by atoms with Crippen molar-refractivity contribution in [1.29, 1.82) is 0 Å². The number of carbonyl (C=O) groups excluding carboxylic acids is 1. The first-order valence-electron chi connectivity index (χ1n) is 6.52. The highest BCUT2D eigenvalue weighted by molar-refractivity contribution is 5.87. The lowest BCUT2D eigenvalue weighted by atomic mass is 9.93. The molecule has 1 aliphatic carbocycles. The molecule has 2 aliphatic rings. The molecule has 17 heavy (non-hydrogen) atoms. The molecule has 2 fully saturated rings. The Labute approximate surface area is 102 Å². The van der Waals surface area contributed by atoms with E-state index in [4.69, 9.17) is 4.74 Å². The summed E-state index contributed by atoms with van der Waals surface area (Å²) in [5, 5.41) is 0. The van der Waals surface area contributed by atoms with Crippen LogP contribution >= 0.6 is 0 Å². The summed E-state index contributed by atoms with van der Waals surface area (Å²) in [4.78, 5) is 12.3. The molecule has 3 rings (SSSR count). The monoisotopic (exact) mass is 230 g/mol. The van der Waals surface area contributed by atoms with Crippen LogP contribution in [0.1, 0.15) is 30.7 Å². The number of rotatable bonds is 3. The van der Waals surface area contributed by atoms with Crippen LogP contribution in [0.4, 0.5) is 0 Å². The van der Waals surface area contributed by atoms with Crippen molar-refractivity contribution >= 4 is 5.78 Å². The highest BCUT2D eigenvalue weighted by Crippen LogP contribution is 2.49. The molecule has 1 saturated carbocycles. The van der Waals surface area contributed by atoms with Crippen LogP contribution in [0.15, 0.2) is 30.3 Å². The van der Waals surface area contributed by atoms with E-state index in [1.54, 1.807) is 0 Å². The third-order valence-corrected chi connectivity index (χ3v) is 3.95. The smallest absolute Gasteiger partial charge is 0.141 e. The molecule has 1 aromatic rings. The number of hydrogen-bond donors (Lipinski definition) is 0. The molecule has 1 aromatic carbocycles. The Balaban J connectivity index is 1.62. The van der Waals surface area contributed by atoms with Gasteiger partial charge in [0.05, 0.1) is 6.61 Å². The zero-order valence-corrected chi connectivity index (χ0v) is 9.97. The standard InChI is InChI=1S/C15H18O2/c16-15(12-7-4-8-17-10-12)14-9-13(14)11-5-2-1-3-6-11/h1-3,5-6,12-14H,4,7-10H2. The van der Waals surface area contributed by atoms with Gasteiger partial charge in [0.2, 0.25) is 0 Å². The largest absolute Gasteiger partial charge is 0.381 e. The normalized spacial score (nSPS) is 32.1. The minimum atomic E-state index is 0.169. The van der Waals surface area contributed by atoms with Crippen molar-refractivity contribution in [2.45, 2.75) is 25.2 Å². The van der Waals surface area contributed by atoms with Gasteiger partial charge < -0.3 is 4.74 Å². The Kier molecular flexibility index (Phi) is 2.98. The lowest BCUT2D eigenvalue weighted by Gasteiger charge is -2.20. The number of hydrogen-bond acceptors (Lipinski definition) is 2. The van der Waals surface area contributed by atoms with Crippen molar-refractivity contribution in [1.82, 2.24) is 0 Å². The average molecular weight is 230 g/mol. The van der Waals surface area contributed by atoms with E-state index in [1.807, 2.05) is 6.07 Å². The molecular formula is C15H18O2. The maximum atomic E-state index is 12.3. The third kappa shape index (κ3) is 2.27. The van der Waals surface area contributed by atoms with Gasteiger partial charge in [-0.3, -0.25) is 4.79 Å². The predicted molar refractivity (Wildman–Crippen MR) is 65.8 cm³/mol. The summed E-state index contributed by atoms with van der Waals surface area (Å²) in [5.41, 5.74) is 1.32. The first-order chi connectivity index (χ1) is 8.36. The molecule has 0 aromatic heterocycles. The van der Waals surface area contributed by atoms with Gasteiger partial charge in [-0.25, -0.2) is 0 Å². The maximum Gasteiger partial charge on any atom is 0.141 e. The van der Waals surface area contributed by atoms with E-state index < -0.39 is 0 Å². The van der Waals surface area contributed by atoms with Crippen molar-refractivity contribution in [3.63, 3.8) is 0 Å². The minimum absolute atomic E-state index is 0.169. The van der Waals surface area contributed by atoms with Crippen molar-refractivity contribution in [2.75, 3.05) is 13.2 Å². The van der Waals surface area contributed by atoms with Crippen LogP contribution in [0.5, 0.6) is 0 Å². The number of benzene rings is 1. The molecule has 1 heterocycles. The van der Waals surface area contributed by atoms with Crippen molar-refractivity contribution in [2.24, 2.45) is 11.8 Å². The summed E-state index contributed by atoms with van der Waals surface area (Å²) in [6.07, 6.45) is 3.11. The van der Waals surface area contributed by atoms with Gasteiger partial charge in [-0.15, -0.1) is 0 Å². The zero-order valence-electron chi connectivity index (χ0n) is 9.97. The second kappa shape index (κ2) is 4.61. The minimum Gasteiger partial charge on any atom is -0.381 e. The Morgan fingerprint density at radius 3 is 2.76 bits per heavy atom. The summed E-state index contributed by atoms with van der Waals surface area (Å²) in [7, 11) is 0. The van der Waals surface area contributed by atoms with Gasteiger partial charge in [0.1, 0.15) is 5.78 Å². The molecule has 3 atom stereocenters. The van der Waals surface area contributed by atoms with Crippen LogP contribution < -0.4 is 0 Å². The molecule has 0 amide bonds. The van der Waals surface area contributed by atoms with Gasteiger partial charge in [-0.2, -0.15) is 0 Å². The van der Waals surface area contributed by atoms with Crippen molar-refractivity contribution < 1.29 is 9.53 Å². The summed E-state index contributed by atoms with van der Waals surface area (Å²) in [5.74, 6) is 1.36. The molecule has 90 valence electrons. The van der Waals surface area contributed by atoms with Crippen LogP contribution in [0, 0.1) is 11.8 Å². The Morgan fingerprint density at radius 2 is 2.06 bits per heavy atom. The molecule has 1 aliphatic heterocycles. The highest BCUT2D eigenvalue weighted by atomic mass is 16.5. The van der Waals surface area contributed by atoms with E-state index in [1.165, 1.54) is 5.56 Å². The number of Topliss-reactive ketones (excluding diaryl/α,β-unsaturated/α-hetero) is 1. The SMILES string of the molecule is O=C(C1CCCOC1)C1CC1c1ccccc1. The van der Waals surface area contributed by atoms with Crippen molar-refractivity contribution in [3.05, 3.63) is 35.9 Å². The maximum absolute atomic E-state index is 12.3. The first-order valence-corrected chi connectivity index (χ1v) is 6.52.